The monoisotopic (exact) mass is 557 g/mol. The molecule has 0 saturated carbocycles. The second-order valence-electron chi connectivity index (χ2n) is 10.7. The predicted octanol–water partition coefficient (Wildman–Crippen LogP) is 6.94. The zero-order valence-corrected chi connectivity index (χ0v) is 24.4. The molecule has 216 valence electrons. The van der Waals surface area contributed by atoms with E-state index in [4.69, 9.17) is 24.7 Å². The largest absolute Gasteiger partial charge is 0.496 e. The van der Waals surface area contributed by atoms with E-state index < -0.39 is 0 Å². The maximum absolute atomic E-state index is 13.0. The van der Waals surface area contributed by atoms with Gasteiger partial charge < -0.3 is 29.6 Å². The molecule has 1 atom stereocenters. The molecule has 0 bridgehead atoms. The number of carbonyl (C=O) groups excluding carboxylic acids is 1. The van der Waals surface area contributed by atoms with Crippen LogP contribution in [0.2, 0.25) is 0 Å². The SMILES string of the molecule is COc1cc(Oc2ccc(OCCCCCOc3cc4c(cc3C)C(=O)N3CCC[C@H]3C=N4)cc2N)cc(C)c1C. The van der Waals surface area contributed by atoms with Crippen LogP contribution >= 0.6 is 0 Å². The molecule has 2 N–H and O–H groups in total. The summed E-state index contributed by atoms with van der Waals surface area (Å²) in [6.45, 7) is 7.99. The van der Waals surface area contributed by atoms with Crippen molar-refractivity contribution < 1.29 is 23.7 Å². The van der Waals surface area contributed by atoms with Crippen molar-refractivity contribution in [3.05, 3.63) is 64.7 Å². The first-order valence-corrected chi connectivity index (χ1v) is 14.3. The molecule has 1 saturated heterocycles. The third-order valence-corrected chi connectivity index (χ3v) is 7.81. The number of nitrogen functional groups attached to an aromatic ring is 1. The zero-order valence-electron chi connectivity index (χ0n) is 24.4. The first-order chi connectivity index (χ1) is 19.8. The van der Waals surface area contributed by atoms with Gasteiger partial charge in [0.05, 0.1) is 43.3 Å². The van der Waals surface area contributed by atoms with E-state index in [1.165, 1.54) is 0 Å². The van der Waals surface area contributed by atoms with Crippen LogP contribution in [-0.4, -0.2) is 49.9 Å². The number of anilines is 1. The van der Waals surface area contributed by atoms with Crippen molar-refractivity contribution in [2.24, 2.45) is 4.99 Å². The minimum absolute atomic E-state index is 0.0700. The summed E-state index contributed by atoms with van der Waals surface area (Å²) >= 11 is 0. The summed E-state index contributed by atoms with van der Waals surface area (Å²) in [5, 5.41) is 0. The molecular formula is C33H39N3O5. The first kappa shape index (κ1) is 28.3. The van der Waals surface area contributed by atoms with Crippen LogP contribution in [0.5, 0.6) is 28.7 Å². The fourth-order valence-corrected chi connectivity index (χ4v) is 5.29. The molecule has 41 heavy (non-hydrogen) atoms. The van der Waals surface area contributed by atoms with E-state index in [1.54, 1.807) is 13.2 Å². The van der Waals surface area contributed by atoms with Crippen LogP contribution in [0.15, 0.2) is 47.5 Å². The summed E-state index contributed by atoms with van der Waals surface area (Å²) in [5.74, 6) is 3.59. The van der Waals surface area contributed by atoms with Gasteiger partial charge in [-0.3, -0.25) is 9.79 Å². The number of nitrogens with two attached hydrogens (primary N) is 1. The standard InChI is InChI=1S/C33H39N3O5/c1-21-15-26(18-32(38-4)23(21)3)41-30-11-10-25(17-28(30)34)39-13-6-5-7-14-40-31-19-29-27(16-22(31)2)33(37)36-12-8-9-24(36)20-35-29/h10-11,15-20,24H,5-9,12-14,34H2,1-4H3/t24-/m0/s1. The van der Waals surface area contributed by atoms with Crippen LogP contribution in [0.3, 0.4) is 0 Å². The Morgan fingerprint density at radius 3 is 2.49 bits per heavy atom. The highest BCUT2D eigenvalue weighted by atomic mass is 16.5. The second-order valence-corrected chi connectivity index (χ2v) is 10.7. The van der Waals surface area contributed by atoms with Crippen molar-refractivity contribution in [3.8, 4) is 28.7 Å². The second kappa shape index (κ2) is 12.5. The van der Waals surface area contributed by atoms with Crippen molar-refractivity contribution in [3.63, 3.8) is 0 Å². The van der Waals surface area contributed by atoms with Gasteiger partial charge in [0.1, 0.15) is 23.0 Å². The van der Waals surface area contributed by atoms with Gasteiger partial charge in [0, 0.05) is 31.0 Å². The Bertz CT molecular complexity index is 1450. The molecule has 3 aromatic carbocycles. The number of aliphatic imine (C=N–C) groups is 1. The summed E-state index contributed by atoms with van der Waals surface area (Å²) in [5.41, 5.74) is 11.2. The molecule has 2 aliphatic heterocycles. The van der Waals surface area contributed by atoms with Gasteiger partial charge in [0.25, 0.3) is 5.91 Å². The van der Waals surface area contributed by atoms with Crippen molar-refractivity contribution in [1.82, 2.24) is 4.90 Å². The number of rotatable bonds is 11. The lowest BCUT2D eigenvalue weighted by Gasteiger charge is -2.20. The first-order valence-electron chi connectivity index (χ1n) is 14.3. The number of unbranched alkanes of at least 4 members (excludes halogenated alkanes) is 2. The quantitative estimate of drug-likeness (QED) is 0.203. The van der Waals surface area contributed by atoms with Crippen LogP contribution in [0, 0.1) is 20.8 Å². The minimum Gasteiger partial charge on any atom is -0.496 e. The topological polar surface area (TPSA) is 95.6 Å². The van der Waals surface area contributed by atoms with Gasteiger partial charge in [-0.2, -0.15) is 0 Å². The fraction of sp³-hybridized carbons (Fsp3) is 0.394. The molecule has 3 aromatic rings. The summed E-state index contributed by atoms with van der Waals surface area (Å²) in [6, 6.07) is 13.2. The highest BCUT2D eigenvalue weighted by Gasteiger charge is 2.32. The molecule has 2 aliphatic rings. The lowest BCUT2D eigenvalue weighted by molar-refractivity contribution is 0.0774. The van der Waals surface area contributed by atoms with E-state index in [9.17, 15) is 4.79 Å². The molecule has 1 amide bonds. The molecule has 8 nitrogen and oxygen atoms in total. The van der Waals surface area contributed by atoms with E-state index in [0.717, 1.165) is 66.8 Å². The van der Waals surface area contributed by atoms with Crippen molar-refractivity contribution >= 4 is 23.5 Å². The van der Waals surface area contributed by atoms with Crippen LogP contribution < -0.4 is 24.7 Å². The highest BCUT2D eigenvalue weighted by molar-refractivity contribution is 6.03. The summed E-state index contributed by atoms with van der Waals surface area (Å²) in [4.78, 5) is 19.5. The van der Waals surface area contributed by atoms with Gasteiger partial charge in [-0.25, -0.2) is 0 Å². The number of hydrogen-bond donors (Lipinski definition) is 1. The van der Waals surface area contributed by atoms with Crippen LogP contribution in [0.25, 0.3) is 0 Å². The number of benzene rings is 3. The molecule has 0 unspecified atom stereocenters. The average molecular weight is 558 g/mol. The lowest BCUT2D eigenvalue weighted by atomic mass is 10.1. The van der Waals surface area contributed by atoms with E-state index in [0.29, 0.717) is 47.4 Å². The molecule has 0 aliphatic carbocycles. The minimum atomic E-state index is 0.0700. The Kier molecular flexibility index (Phi) is 8.67. The Balaban J connectivity index is 1.06. The molecule has 2 heterocycles. The number of carbonyl (C=O) groups is 1. The Morgan fingerprint density at radius 2 is 1.71 bits per heavy atom. The van der Waals surface area contributed by atoms with Crippen LogP contribution in [0.1, 0.15) is 59.2 Å². The number of amides is 1. The van der Waals surface area contributed by atoms with E-state index in [2.05, 4.69) is 4.99 Å². The predicted molar refractivity (Wildman–Crippen MR) is 162 cm³/mol. The van der Waals surface area contributed by atoms with Crippen LogP contribution in [0.4, 0.5) is 11.4 Å². The smallest absolute Gasteiger partial charge is 0.256 e. The summed E-state index contributed by atoms with van der Waals surface area (Å²) < 4.78 is 23.4. The molecule has 0 aromatic heterocycles. The van der Waals surface area contributed by atoms with Gasteiger partial charge in [-0.05, 0) is 93.8 Å². The van der Waals surface area contributed by atoms with Crippen molar-refractivity contribution in [2.45, 2.75) is 58.9 Å². The van der Waals surface area contributed by atoms with Crippen LogP contribution in [-0.2, 0) is 0 Å². The number of methoxy groups -OCH3 is 1. The van der Waals surface area contributed by atoms with Crippen molar-refractivity contribution in [2.75, 3.05) is 32.6 Å². The maximum atomic E-state index is 13.0. The number of aryl methyl sites for hydroxylation is 2. The summed E-state index contributed by atoms with van der Waals surface area (Å²) in [6.07, 6.45) is 6.67. The third kappa shape index (κ3) is 6.42. The third-order valence-electron chi connectivity index (χ3n) is 7.81. The van der Waals surface area contributed by atoms with Gasteiger partial charge in [0.2, 0.25) is 0 Å². The Hall–Kier alpha value is -4.20. The summed E-state index contributed by atoms with van der Waals surface area (Å²) in [7, 11) is 1.65. The molecular weight excluding hydrogens is 518 g/mol. The lowest BCUT2D eigenvalue weighted by Crippen LogP contribution is -2.35. The highest BCUT2D eigenvalue weighted by Crippen LogP contribution is 2.36. The Morgan fingerprint density at radius 1 is 0.902 bits per heavy atom. The molecule has 8 heteroatoms. The van der Waals surface area contributed by atoms with Crippen molar-refractivity contribution in [1.29, 1.82) is 0 Å². The molecule has 5 rings (SSSR count). The van der Waals surface area contributed by atoms with E-state index >= 15 is 0 Å². The number of hydrogen-bond acceptors (Lipinski definition) is 7. The fourth-order valence-electron chi connectivity index (χ4n) is 5.29. The van der Waals surface area contributed by atoms with Gasteiger partial charge in [-0.15, -0.1) is 0 Å². The molecule has 0 spiro atoms. The number of nitrogens with zero attached hydrogens (tertiary/aromatic N) is 2. The number of ether oxygens (including phenoxy) is 4. The molecule has 1 fully saturated rings. The van der Waals surface area contributed by atoms with Gasteiger partial charge in [-0.1, -0.05) is 0 Å². The normalized spacial score (nSPS) is 15.8. The average Bonchev–Trinajstić information content (AvgIpc) is 3.39. The van der Waals surface area contributed by atoms with E-state index in [1.807, 2.05) is 68.3 Å². The van der Waals surface area contributed by atoms with Gasteiger partial charge in [0.15, 0.2) is 5.75 Å². The number of fused-ring (bicyclic) bond motifs is 2. The maximum Gasteiger partial charge on any atom is 0.256 e. The Labute approximate surface area is 242 Å². The van der Waals surface area contributed by atoms with Gasteiger partial charge >= 0.3 is 0 Å². The zero-order chi connectivity index (χ0) is 28.9. The molecule has 0 radical (unpaired) electrons. The van der Waals surface area contributed by atoms with E-state index in [-0.39, 0.29) is 11.9 Å².